The Hall–Kier alpha value is -1.22. The summed E-state index contributed by atoms with van der Waals surface area (Å²) in [5, 5.41) is 0. The second-order valence-corrected chi connectivity index (χ2v) is 4.97. The van der Waals surface area contributed by atoms with Crippen molar-refractivity contribution in [2.24, 2.45) is 11.7 Å². The van der Waals surface area contributed by atoms with Crippen LogP contribution in [-0.2, 0) is 0 Å². The van der Waals surface area contributed by atoms with Crippen molar-refractivity contribution in [3.63, 3.8) is 0 Å². The van der Waals surface area contributed by atoms with Gasteiger partial charge in [-0.1, -0.05) is 19.9 Å². The van der Waals surface area contributed by atoms with Crippen LogP contribution in [0.3, 0.4) is 0 Å². The van der Waals surface area contributed by atoms with E-state index in [0.717, 1.165) is 17.9 Å². The second kappa shape index (κ2) is 5.41. The first kappa shape index (κ1) is 12.2. The highest BCUT2D eigenvalue weighted by Crippen LogP contribution is 2.34. The van der Waals surface area contributed by atoms with Gasteiger partial charge in [0.1, 0.15) is 13.2 Å². The number of hydrogen-bond acceptors (Lipinski definition) is 3. The molecule has 1 atom stereocenters. The molecule has 1 aromatic carbocycles. The van der Waals surface area contributed by atoms with Gasteiger partial charge in [0.25, 0.3) is 0 Å². The first-order valence-electron chi connectivity index (χ1n) is 6.30. The van der Waals surface area contributed by atoms with Gasteiger partial charge in [-0.05, 0) is 42.5 Å². The molecule has 17 heavy (non-hydrogen) atoms. The Kier molecular flexibility index (Phi) is 3.89. The molecule has 0 bridgehead atoms. The molecule has 94 valence electrons. The second-order valence-electron chi connectivity index (χ2n) is 4.97. The predicted molar refractivity (Wildman–Crippen MR) is 68.7 cm³/mol. The molecular formula is C14H21NO2. The van der Waals surface area contributed by atoms with Crippen LogP contribution in [0.15, 0.2) is 18.2 Å². The summed E-state index contributed by atoms with van der Waals surface area (Å²) >= 11 is 0. The summed E-state index contributed by atoms with van der Waals surface area (Å²) in [4.78, 5) is 0. The molecule has 1 unspecified atom stereocenters. The lowest BCUT2D eigenvalue weighted by atomic mass is 9.90. The lowest BCUT2D eigenvalue weighted by Crippen LogP contribution is -2.17. The number of rotatable bonds is 4. The van der Waals surface area contributed by atoms with Crippen molar-refractivity contribution in [2.45, 2.75) is 26.2 Å². The maximum atomic E-state index is 5.86. The van der Waals surface area contributed by atoms with Crippen molar-refractivity contribution in [1.29, 1.82) is 0 Å². The molecule has 0 radical (unpaired) electrons. The van der Waals surface area contributed by atoms with Crippen LogP contribution in [0.5, 0.6) is 11.5 Å². The van der Waals surface area contributed by atoms with Crippen LogP contribution in [0.1, 0.15) is 31.7 Å². The van der Waals surface area contributed by atoms with E-state index in [0.29, 0.717) is 31.6 Å². The van der Waals surface area contributed by atoms with E-state index in [2.05, 4.69) is 26.0 Å². The number of fused-ring (bicyclic) bond motifs is 1. The minimum absolute atomic E-state index is 0.408. The first-order chi connectivity index (χ1) is 8.20. The average molecular weight is 235 g/mol. The fraction of sp³-hybridized carbons (Fsp3) is 0.571. The third kappa shape index (κ3) is 2.91. The fourth-order valence-corrected chi connectivity index (χ4v) is 2.25. The number of ether oxygens (including phenoxy) is 2. The van der Waals surface area contributed by atoms with Crippen molar-refractivity contribution in [2.75, 3.05) is 19.8 Å². The highest BCUT2D eigenvalue weighted by molar-refractivity contribution is 5.44. The zero-order valence-electron chi connectivity index (χ0n) is 10.6. The Labute approximate surface area is 103 Å². The molecule has 0 amide bonds. The Bertz CT molecular complexity index is 376. The Balaban J connectivity index is 2.19. The van der Waals surface area contributed by atoms with Gasteiger partial charge < -0.3 is 15.2 Å². The van der Waals surface area contributed by atoms with Gasteiger partial charge in [0.05, 0.1) is 0 Å². The molecule has 1 aliphatic heterocycles. The van der Waals surface area contributed by atoms with E-state index in [9.17, 15) is 0 Å². The summed E-state index contributed by atoms with van der Waals surface area (Å²) < 4.78 is 11.1. The van der Waals surface area contributed by atoms with E-state index >= 15 is 0 Å². The van der Waals surface area contributed by atoms with Crippen LogP contribution in [0.2, 0.25) is 0 Å². The molecule has 1 aliphatic rings. The minimum atomic E-state index is 0.408. The Morgan fingerprint density at radius 1 is 1.18 bits per heavy atom. The molecule has 3 nitrogen and oxygen atoms in total. The first-order valence-corrected chi connectivity index (χ1v) is 6.30. The molecule has 3 heteroatoms. The number of nitrogens with two attached hydrogens (primary N) is 1. The molecule has 0 aromatic heterocycles. The van der Waals surface area contributed by atoms with Gasteiger partial charge in [0.15, 0.2) is 11.5 Å². The standard InChI is InChI=1S/C14H21NO2/c1-10(2)7-12(9-15)11-3-4-13-14(8-11)17-6-5-16-13/h3-4,8,10,12H,5-7,9,15H2,1-2H3. The van der Waals surface area contributed by atoms with E-state index in [1.165, 1.54) is 5.56 Å². The molecule has 0 saturated carbocycles. The van der Waals surface area contributed by atoms with Gasteiger partial charge in [-0.2, -0.15) is 0 Å². The molecule has 0 spiro atoms. The molecule has 0 saturated heterocycles. The van der Waals surface area contributed by atoms with Crippen LogP contribution in [0, 0.1) is 5.92 Å². The van der Waals surface area contributed by atoms with Crippen LogP contribution < -0.4 is 15.2 Å². The summed E-state index contributed by atoms with van der Waals surface area (Å²) in [6, 6.07) is 6.18. The number of benzene rings is 1. The van der Waals surface area contributed by atoms with E-state index in [-0.39, 0.29) is 0 Å². The molecule has 0 fully saturated rings. The van der Waals surface area contributed by atoms with Gasteiger partial charge in [-0.3, -0.25) is 0 Å². The smallest absolute Gasteiger partial charge is 0.161 e. The van der Waals surface area contributed by atoms with Crippen molar-refractivity contribution >= 4 is 0 Å². The SMILES string of the molecule is CC(C)CC(CN)c1ccc2c(c1)OCCO2. The molecule has 0 aliphatic carbocycles. The quantitative estimate of drug-likeness (QED) is 0.872. The molecule has 2 N–H and O–H groups in total. The van der Waals surface area contributed by atoms with E-state index in [4.69, 9.17) is 15.2 Å². The van der Waals surface area contributed by atoms with Gasteiger partial charge in [-0.15, -0.1) is 0 Å². The van der Waals surface area contributed by atoms with Gasteiger partial charge >= 0.3 is 0 Å². The van der Waals surface area contributed by atoms with Crippen LogP contribution in [0.4, 0.5) is 0 Å². The summed E-state index contributed by atoms with van der Waals surface area (Å²) in [5.74, 6) is 2.76. The zero-order chi connectivity index (χ0) is 12.3. The monoisotopic (exact) mass is 235 g/mol. The normalized spacial score (nSPS) is 16.0. The van der Waals surface area contributed by atoms with Crippen molar-refractivity contribution in [1.82, 2.24) is 0 Å². The van der Waals surface area contributed by atoms with Crippen molar-refractivity contribution < 1.29 is 9.47 Å². The maximum absolute atomic E-state index is 5.86. The Morgan fingerprint density at radius 2 is 1.88 bits per heavy atom. The highest BCUT2D eigenvalue weighted by Gasteiger charge is 2.16. The summed E-state index contributed by atoms with van der Waals surface area (Å²) in [5.41, 5.74) is 7.11. The summed E-state index contributed by atoms with van der Waals surface area (Å²) in [7, 11) is 0. The fourth-order valence-electron chi connectivity index (χ4n) is 2.25. The van der Waals surface area contributed by atoms with Gasteiger partial charge in [0, 0.05) is 0 Å². The molecular weight excluding hydrogens is 214 g/mol. The van der Waals surface area contributed by atoms with Crippen molar-refractivity contribution in [3.05, 3.63) is 23.8 Å². The maximum Gasteiger partial charge on any atom is 0.161 e. The topological polar surface area (TPSA) is 44.5 Å². The average Bonchev–Trinajstić information content (AvgIpc) is 2.35. The molecule has 1 heterocycles. The van der Waals surface area contributed by atoms with Crippen LogP contribution >= 0.6 is 0 Å². The largest absolute Gasteiger partial charge is 0.486 e. The number of hydrogen-bond donors (Lipinski definition) is 1. The molecule has 1 aromatic rings. The highest BCUT2D eigenvalue weighted by atomic mass is 16.6. The molecule has 2 rings (SSSR count). The van der Waals surface area contributed by atoms with E-state index < -0.39 is 0 Å². The lowest BCUT2D eigenvalue weighted by Gasteiger charge is -2.22. The summed E-state index contributed by atoms with van der Waals surface area (Å²) in [6.07, 6.45) is 1.11. The zero-order valence-corrected chi connectivity index (χ0v) is 10.6. The van der Waals surface area contributed by atoms with Crippen molar-refractivity contribution in [3.8, 4) is 11.5 Å². The Morgan fingerprint density at radius 3 is 2.53 bits per heavy atom. The van der Waals surface area contributed by atoms with Gasteiger partial charge in [-0.25, -0.2) is 0 Å². The third-order valence-electron chi connectivity index (χ3n) is 3.08. The minimum Gasteiger partial charge on any atom is -0.486 e. The third-order valence-corrected chi connectivity index (χ3v) is 3.08. The predicted octanol–water partition coefficient (Wildman–Crippen LogP) is 2.55. The lowest BCUT2D eigenvalue weighted by molar-refractivity contribution is 0.171. The van der Waals surface area contributed by atoms with E-state index in [1.54, 1.807) is 0 Å². The summed E-state index contributed by atoms with van der Waals surface area (Å²) in [6.45, 7) is 6.39. The van der Waals surface area contributed by atoms with Gasteiger partial charge in [0.2, 0.25) is 0 Å². The van der Waals surface area contributed by atoms with E-state index in [1.807, 2.05) is 6.07 Å². The van der Waals surface area contributed by atoms with Crippen LogP contribution in [0.25, 0.3) is 0 Å². The van der Waals surface area contributed by atoms with Crippen LogP contribution in [-0.4, -0.2) is 19.8 Å².